The van der Waals surface area contributed by atoms with Crippen molar-refractivity contribution in [1.82, 2.24) is 0 Å². The monoisotopic (exact) mass is 405 g/mol. The number of hydrogen-bond acceptors (Lipinski definition) is 2. The van der Waals surface area contributed by atoms with Crippen LogP contribution in [-0.2, 0) is 0 Å². The van der Waals surface area contributed by atoms with Crippen LogP contribution in [0.4, 0.5) is 11.4 Å². The Kier molecular flexibility index (Phi) is 23.1. The third kappa shape index (κ3) is 15.6. The summed E-state index contributed by atoms with van der Waals surface area (Å²) < 4.78 is 5.82. The highest BCUT2D eigenvalue weighted by molar-refractivity contribution is 5.62. The highest BCUT2D eigenvalue weighted by atomic mass is 16.5. The maximum absolute atomic E-state index is 5.82. The molecular formula is C27H51NO. The van der Waals surface area contributed by atoms with Gasteiger partial charge < -0.3 is 9.64 Å². The van der Waals surface area contributed by atoms with Gasteiger partial charge in [-0.25, -0.2) is 0 Å². The van der Waals surface area contributed by atoms with Crippen molar-refractivity contribution in [2.24, 2.45) is 0 Å². The Morgan fingerprint density at radius 3 is 1.48 bits per heavy atom. The van der Waals surface area contributed by atoms with Gasteiger partial charge in [0, 0.05) is 18.4 Å². The van der Waals surface area contributed by atoms with Gasteiger partial charge in [0.2, 0.25) is 0 Å². The number of hydrogen-bond donors (Lipinski definition) is 0. The maximum Gasteiger partial charge on any atom is 0.120 e. The van der Waals surface area contributed by atoms with Gasteiger partial charge in [0.25, 0.3) is 0 Å². The molecule has 0 spiro atoms. The van der Waals surface area contributed by atoms with E-state index < -0.39 is 0 Å². The lowest BCUT2D eigenvalue weighted by atomic mass is 10.2. The molecule has 0 amide bonds. The molecule has 0 N–H and O–H groups in total. The van der Waals surface area contributed by atoms with Crippen molar-refractivity contribution in [3.63, 3.8) is 0 Å². The molecule has 0 aliphatic rings. The second kappa shape index (κ2) is 19.4. The Bertz CT molecular complexity index is 553. The first kappa shape index (κ1) is 34.5. The third-order valence-electron chi connectivity index (χ3n) is 3.50. The summed E-state index contributed by atoms with van der Waals surface area (Å²) >= 11 is 0. The van der Waals surface area contributed by atoms with Crippen LogP contribution in [0.25, 0.3) is 0 Å². The lowest BCUT2D eigenvalue weighted by Gasteiger charge is -2.23. The summed E-state index contributed by atoms with van der Waals surface area (Å²) in [5.74, 6) is 0.901. The number of para-hydroxylation sites is 1. The van der Waals surface area contributed by atoms with E-state index in [1.807, 2.05) is 44.2 Å². The smallest absolute Gasteiger partial charge is 0.120 e. The van der Waals surface area contributed by atoms with Crippen molar-refractivity contribution in [3.8, 4) is 5.75 Å². The fraction of sp³-hybridized carbons (Fsp3) is 0.556. The van der Waals surface area contributed by atoms with Crippen LogP contribution in [0.1, 0.15) is 90.0 Å². The molecule has 0 radical (unpaired) electrons. The zero-order valence-electron chi connectivity index (χ0n) is 18.2. The molecule has 0 saturated carbocycles. The predicted octanol–water partition coefficient (Wildman–Crippen LogP) is 9.76. The Morgan fingerprint density at radius 1 is 0.724 bits per heavy atom. The molecular weight excluding hydrogens is 354 g/mol. The minimum Gasteiger partial charge on any atom is -0.488 e. The quantitative estimate of drug-likeness (QED) is 0.490. The third-order valence-corrected chi connectivity index (χ3v) is 3.50. The summed E-state index contributed by atoms with van der Waals surface area (Å²) in [5, 5.41) is 0. The van der Waals surface area contributed by atoms with E-state index in [1.165, 1.54) is 24.9 Å². The van der Waals surface area contributed by atoms with Gasteiger partial charge in [0.05, 0.1) is 0 Å². The Hall–Kier alpha value is -1.96. The number of anilines is 2. The first-order chi connectivity index (χ1) is 12.4. The van der Waals surface area contributed by atoms with Crippen LogP contribution in [0.2, 0.25) is 0 Å². The number of rotatable bonds is 5. The van der Waals surface area contributed by atoms with Gasteiger partial charge in [0.1, 0.15) is 11.4 Å². The zero-order valence-corrected chi connectivity index (χ0v) is 18.2. The van der Waals surface area contributed by atoms with E-state index in [0.717, 1.165) is 11.4 Å². The molecule has 0 aliphatic carbocycles. The van der Waals surface area contributed by atoms with Gasteiger partial charge >= 0.3 is 0 Å². The lowest BCUT2D eigenvalue weighted by Crippen LogP contribution is -2.22. The van der Waals surface area contributed by atoms with Gasteiger partial charge in [-0.1, -0.05) is 87.4 Å². The molecule has 0 atom stereocenters. The average molecular weight is 406 g/mol. The number of unbranched alkanes of at least 4 members (excludes halogenated alkanes) is 2. The van der Waals surface area contributed by atoms with E-state index in [4.69, 9.17) is 4.74 Å². The van der Waals surface area contributed by atoms with Crippen LogP contribution in [0.3, 0.4) is 0 Å². The van der Waals surface area contributed by atoms with Crippen molar-refractivity contribution in [3.05, 3.63) is 54.6 Å². The highest BCUT2D eigenvalue weighted by Crippen LogP contribution is 2.26. The topological polar surface area (TPSA) is 12.5 Å². The van der Waals surface area contributed by atoms with Crippen LogP contribution in [0.15, 0.2) is 54.6 Å². The summed E-state index contributed by atoms with van der Waals surface area (Å²) in [4.78, 5) is 2.15. The largest absolute Gasteiger partial charge is 0.488 e. The van der Waals surface area contributed by atoms with Crippen LogP contribution in [0.5, 0.6) is 5.75 Å². The van der Waals surface area contributed by atoms with E-state index in [1.54, 1.807) is 0 Å². The summed E-state index contributed by atoms with van der Waals surface area (Å²) in [7, 11) is 2.06. The Morgan fingerprint density at radius 2 is 1.14 bits per heavy atom. The van der Waals surface area contributed by atoms with Gasteiger partial charge in [-0.15, -0.1) is 0 Å². The molecule has 0 bridgehead atoms. The van der Waals surface area contributed by atoms with Gasteiger partial charge in [-0.05, 0) is 57.2 Å². The van der Waals surface area contributed by atoms with E-state index in [2.05, 4.69) is 70.8 Å². The second-order valence-electron chi connectivity index (χ2n) is 6.96. The van der Waals surface area contributed by atoms with E-state index in [-0.39, 0.29) is 27.9 Å². The first-order valence-electron chi connectivity index (χ1n) is 9.95. The normalized spacial score (nSPS) is 8.97. The van der Waals surface area contributed by atoms with Crippen molar-refractivity contribution >= 4 is 11.4 Å². The number of benzene rings is 2. The van der Waals surface area contributed by atoms with Crippen molar-refractivity contribution in [2.45, 2.75) is 95.6 Å². The van der Waals surface area contributed by atoms with E-state index >= 15 is 0 Å². The van der Waals surface area contributed by atoms with Crippen molar-refractivity contribution < 1.29 is 4.74 Å². The highest BCUT2D eigenvalue weighted by Gasteiger charge is 2.11. The molecule has 170 valence electrons. The van der Waals surface area contributed by atoms with Crippen LogP contribution in [-0.4, -0.2) is 12.6 Å². The maximum atomic E-state index is 5.82. The van der Waals surface area contributed by atoms with Gasteiger partial charge in [-0.3, -0.25) is 0 Å². The predicted molar refractivity (Wildman–Crippen MR) is 138 cm³/mol. The molecule has 2 heteroatoms. The Labute approximate surface area is 184 Å². The molecule has 0 aliphatic heterocycles. The molecule has 0 unspecified atom stereocenters. The summed E-state index contributed by atoms with van der Waals surface area (Å²) in [6.07, 6.45) is 4.08. The minimum absolute atomic E-state index is 0. The van der Waals surface area contributed by atoms with Gasteiger partial charge in [0.15, 0.2) is 0 Å². The van der Waals surface area contributed by atoms with Crippen molar-refractivity contribution in [2.75, 3.05) is 11.9 Å². The standard InChI is InChI=1S/C17H21NO.C5H12.C2H6.3CH4/c1-17(2,3)19-16-12-10-15(11-13-16)18(4)14-8-6-5-7-9-14;1-3-5-4-2;1-2;;;/h5-13H,1-4H3;3-5H2,1-2H3;1-2H3;3*1H4. The number of nitrogens with zero attached hydrogens (tertiary/aromatic N) is 1. The second-order valence-corrected chi connectivity index (χ2v) is 6.96. The average Bonchev–Trinajstić information content (AvgIpc) is 2.64. The molecule has 0 fully saturated rings. The van der Waals surface area contributed by atoms with E-state index in [9.17, 15) is 0 Å². The Balaban J connectivity index is -0.000000275. The summed E-state index contributed by atoms with van der Waals surface area (Å²) in [6.45, 7) is 14.6. The molecule has 2 nitrogen and oxygen atoms in total. The fourth-order valence-electron chi connectivity index (χ4n) is 2.25. The molecule has 0 saturated heterocycles. The van der Waals surface area contributed by atoms with Crippen LogP contribution in [0, 0.1) is 0 Å². The molecule has 2 aromatic rings. The summed E-state index contributed by atoms with van der Waals surface area (Å²) in [5.41, 5.74) is 2.16. The zero-order chi connectivity index (χ0) is 20.0. The van der Waals surface area contributed by atoms with Crippen molar-refractivity contribution in [1.29, 1.82) is 0 Å². The van der Waals surface area contributed by atoms with Gasteiger partial charge in [-0.2, -0.15) is 0 Å². The molecule has 0 heterocycles. The van der Waals surface area contributed by atoms with Crippen LogP contribution >= 0.6 is 0 Å². The first-order valence-corrected chi connectivity index (χ1v) is 9.95. The van der Waals surface area contributed by atoms with Crippen LogP contribution < -0.4 is 9.64 Å². The molecule has 2 aromatic carbocycles. The molecule has 0 aromatic heterocycles. The SMILES string of the molecule is C.C.C.CC.CCCCC.CN(c1ccccc1)c1ccc(OC(C)(C)C)cc1. The van der Waals surface area contributed by atoms with E-state index in [0.29, 0.717) is 0 Å². The fourth-order valence-corrected chi connectivity index (χ4v) is 2.25. The molecule has 29 heavy (non-hydrogen) atoms. The molecule has 2 rings (SSSR count). The lowest BCUT2D eigenvalue weighted by molar-refractivity contribution is 0.131. The number of ether oxygens (including phenoxy) is 1. The summed E-state index contributed by atoms with van der Waals surface area (Å²) in [6, 6.07) is 18.5. The minimum atomic E-state index is -0.160.